The standard InChI is InChI=1S/C5H6N2O2S2/c1-7-4(9)3-6-2(8)5(7)11-10-3/h3,5H,1H3,(H,6,8). The summed E-state index contributed by atoms with van der Waals surface area (Å²) in [6.45, 7) is 0. The van der Waals surface area contributed by atoms with Gasteiger partial charge >= 0.3 is 0 Å². The lowest BCUT2D eigenvalue weighted by molar-refractivity contribution is -0.141. The molecule has 3 rings (SSSR count). The van der Waals surface area contributed by atoms with Gasteiger partial charge in [-0.3, -0.25) is 9.59 Å². The third kappa shape index (κ3) is 0.927. The lowest BCUT2D eigenvalue weighted by Gasteiger charge is -2.40. The van der Waals surface area contributed by atoms with Gasteiger partial charge in [-0.2, -0.15) is 0 Å². The lowest BCUT2D eigenvalue weighted by atomic mass is 10.3. The smallest absolute Gasteiger partial charge is 0.257 e. The fourth-order valence-corrected chi connectivity index (χ4v) is 3.73. The van der Waals surface area contributed by atoms with Crippen LogP contribution >= 0.6 is 21.6 Å². The van der Waals surface area contributed by atoms with Crippen molar-refractivity contribution in [2.75, 3.05) is 7.05 Å². The Labute approximate surface area is 71.5 Å². The average Bonchev–Trinajstić information content (AvgIpc) is 1.99. The van der Waals surface area contributed by atoms with Gasteiger partial charge in [0.25, 0.3) is 11.8 Å². The zero-order chi connectivity index (χ0) is 8.01. The molecule has 6 heteroatoms. The van der Waals surface area contributed by atoms with Gasteiger partial charge in [0, 0.05) is 7.05 Å². The van der Waals surface area contributed by atoms with Gasteiger partial charge in [0.1, 0.15) is 0 Å². The Balaban J connectivity index is 2.30. The van der Waals surface area contributed by atoms with Crippen LogP contribution < -0.4 is 5.32 Å². The Hall–Kier alpha value is -0.360. The van der Waals surface area contributed by atoms with E-state index >= 15 is 0 Å². The Morgan fingerprint density at radius 2 is 2.18 bits per heavy atom. The minimum Gasteiger partial charge on any atom is -0.333 e. The van der Waals surface area contributed by atoms with Crippen LogP contribution in [0.15, 0.2) is 0 Å². The minimum absolute atomic E-state index is 0.00153. The van der Waals surface area contributed by atoms with E-state index in [1.165, 1.54) is 26.5 Å². The molecule has 0 saturated carbocycles. The number of nitrogens with zero attached hydrogens (tertiary/aromatic N) is 1. The summed E-state index contributed by atoms with van der Waals surface area (Å²) in [7, 11) is 4.52. The maximum atomic E-state index is 11.2. The number of likely N-dealkylation sites (N-methyl/N-ethyl adjacent to an activating group) is 1. The van der Waals surface area contributed by atoms with Crippen LogP contribution in [0.5, 0.6) is 0 Å². The molecule has 11 heavy (non-hydrogen) atoms. The van der Waals surface area contributed by atoms with E-state index in [2.05, 4.69) is 5.32 Å². The normalized spacial score (nSPS) is 35.9. The number of hydrogen-bond donors (Lipinski definition) is 1. The topological polar surface area (TPSA) is 49.4 Å². The average molecular weight is 190 g/mol. The number of hydrogen-bond acceptors (Lipinski definition) is 4. The second-order valence-corrected chi connectivity index (χ2v) is 4.84. The molecule has 3 fully saturated rings. The molecule has 0 radical (unpaired) electrons. The molecular formula is C5H6N2O2S2. The van der Waals surface area contributed by atoms with Crippen LogP contribution in [0.2, 0.25) is 0 Å². The van der Waals surface area contributed by atoms with Crippen molar-refractivity contribution in [3.63, 3.8) is 0 Å². The maximum Gasteiger partial charge on any atom is 0.257 e. The summed E-state index contributed by atoms with van der Waals surface area (Å²) < 4.78 is 0. The van der Waals surface area contributed by atoms with Gasteiger partial charge in [-0.1, -0.05) is 21.6 Å². The van der Waals surface area contributed by atoms with Gasteiger partial charge in [0.15, 0.2) is 10.7 Å². The quantitative estimate of drug-likeness (QED) is 0.529. The molecule has 3 aliphatic rings. The SMILES string of the molecule is CN1C(=O)C2NC(=O)C1SS2. The zero-order valence-corrected chi connectivity index (χ0v) is 7.37. The summed E-state index contributed by atoms with van der Waals surface area (Å²) in [6.07, 6.45) is 0. The second kappa shape index (κ2) is 2.31. The van der Waals surface area contributed by atoms with Crippen molar-refractivity contribution in [2.24, 2.45) is 0 Å². The molecule has 3 heterocycles. The Morgan fingerprint density at radius 1 is 1.45 bits per heavy atom. The fraction of sp³-hybridized carbons (Fsp3) is 0.600. The Morgan fingerprint density at radius 3 is 2.64 bits per heavy atom. The highest BCUT2D eigenvalue weighted by Gasteiger charge is 2.45. The maximum absolute atomic E-state index is 11.2. The highest BCUT2D eigenvalue weighted by molar-refractivity contribution is 8.77. The molecule has 0 aromatic carbocycles. The summed E-state index contributed by atoms with van der Waals surface area (Å²) in [5.74, 6) is -0.0563. The molecule has 2 bridgehead atoms. The second-order valence-electron chi connectivity index (χ2n) is 2.38. The molecule has 0 spiro atoms. The van der Waals surface area contributed by atoms with Gasteiger partial charge in [-0.25, -0.2) is 0 Å². The number of piperazine rings is 1. The largest absolute Gasteiger partial charge is 0.333 e. The van der Waals surface area contributed by atoms with Crippen LogP contribution in [0.4, 0.5) is 0 Å². The lowest BCUT2D eigenvalue weighted by Crippen LogP contribution is -2.62. The summed E-state index contributed by atoms with van der Waals surface area (Å²) in [5, 5.41) is 1.93. The van der Waals surface area contributed by atoms with Gasteiger partial charge in [-0.05, 0) is 0 Å². The van der Waals surface area contributed by atoms with E-state index in [0.29, 0.717) is 0 Å². The number of fused-ring (bicyclic) bond motifs is 3. The molecule has 2 atom stereocenters. The number of amides is 2. The molecule has 3 saturated heterocycles. The van der Waals surface area contributed by atoms with Crippen molar-refractivity contribution in [2.45, 2.75) is 10.7 Å². The van der Waals surface area contributed by atoms with Gasteiger partial charge < -0.3 is 10.2 Å². The molecule has 2 amide bonds. The molecular weight excluding hydrogens is 184 g/mol. The first-order valence-corrected chi connectivity index (χ1v) is 5.37. The number of nitrogens with one attached hydrogen (secondary N) is 1. The van der Waals surface area contributed by atoms with E-state index in [1.54, 1.807) is 7.05 Å². The molecule has 60 valence electrons. The van der Waals surface area contributed by atoms with E-state index in [-0.39, 0.29) is 22.6 Å². The van der Waals surface area contributed by atoms with Crippen LogP contribution in [-0.4, -0.2) is 34.5 Å². The van der Waals surface area contributed by atoms with Gasteiger partial charge in [0.05, 0.1) is 0 Å². The van der Waals surface area contributed by atoms with Crippen molar-refractivity contribution < 1.29 is 9.59 Å². The predicted molar refractivity (Wildman–Crippen MR) is 43.7 cm³/mol. The molecule has 3 aliphatic heterocycles. The third-order valence-corrected chi connectivity index (χ3v) is 4.46. The molecule has 4 nitrogen and oxygen atoms in total. The predicted octanol–water partition coefficient (Wildman–Crippen LogP) is -0.378. The van der Waals surface area contributed by atoms with Gasteiger partial charge in [-0.15, -0.1) is 0 Å². The fourth-order valence-electron chi connectivity index (χ4n) is 1.02. The molecule has 1 N–H and O–H groups in total. The van der Waals surface area contributed by atoms with E-state index in [0.717, 1.165) is 0 Å². The third-order valence-electron chi connectivity index (χ3n) is 1.66. The summed E-state index contributed by atoms with van der Waals surface area (Å²) in [4.78, 5) is 23.8. The van der Waals surface area contributed by atoms with E-state index < -0.39 is 0 Å². The number of carbonyl (C=O) groups is 2. The monoisotopic (exact) mass is 190 g/mol. The van der Waals surface area contributed by atoms with Crippen molar-refractivity contribution in [3.8, 4) is 0 Å². The van der Waals surface area contributed by atoms with Crippen molar-refractivity contribution in [3.05, 3.63) is 0 Å². The van der Waals surface area contributed by atoms with Crippen molar-refractivity contribution >= 4 is 33.4 Å². The number of carbonyl (C=O) groups excluding carboxylic acids is 2. The summed E-state index contributed by atoms with van der Waals surface area (Å²) in [5.41, 5.74) is 0. The highest BCUT2D eigenvalue weighted by Crippen LogP contribution is 2.41. The molecule has 0 aromatic heterocycles. The summed E-state index contributed by atoms with van der Waals surface area (Å²) in [6, 6.07) is 0. The Kier molecular flexibility index (Phi) is 1.53. The van der Waals surface area contributed by atoms with Crippen molar-refractivity contribution in [1.29, 1.82) is 0 Å². The number of rotatable bonds is 0. The van der Waals surface area contributed by atoms with E-state index in [1.807, 2.05) is 0 Å². The molecule has 0 aliphatic carbocycles. The Bertz CT molecular complexity index is 229. The first kappa shape index (κ1) is 7.30. The first-order valence-electron chi connectivity index (χ1n) is 3.09. The molecule has 2 unspecified atom stereocenters. The zero-order valence-electron chi connectivity index (χ0n) is 5.73. The highest BCUT2D eigenvalue weighted by atomic mass is 33.1. The summed E-state index contributed by atoms with van der Waals surface area (Å²) >= 11 is 0. The minimum atomic E-state index is -0.359. The van der Waals surface area contributed by atoms with E-state index in [4.69, 9.17) is 0 Å². The van der Waals surface area contributed by atoms with Gasteiger partial charge in [0.2, 0.25) is 0 Å². The first-order chi connectivity index (χ1) is 5.20. The molecule has 0 aromatic rings. The van der Waals surface area contributed by atoms with Crippen LogP contribution in [-0.2, 0) is 9.59 Å². The van der Waals surface area contributed by atoms with Crippen LogP contribution in [0.25, 0.3) is 0 Å². The van der Waals surface area contributed by atoms with Crippen LogP contribution in [0.3, 0.4) is 0 Å². The van der Waals surface area contributed by atoms with E-state index in [9.17, 15) is 9.59 Å². The van der Waals surface area contributed by atoms with Crippen molar-refractivity contribution in [1.82, 2.24) is 10.2 Å². The van der Waals surface area contributed by atoms with Crippen LogP contribution in [0, 0.1) is 0 Å². The van der Waals surface area contributed by atoms with Crippen LogP contribution in [0.1, 0.15) is 0 Å².